The third kappa shape index (κ3) is 7.04. The van der Waals surface area contributed by atoms with Crippen LogP contribution >= 0.6 is 0 Å². The number of hydrogen-bond acceptors (Lipinski definition) is 3. The van der Waals surface area contributed by atoms with Crippen molar-refractivity contribution in [2.45, 2.75) is 39.2 Å². The number of nitrogens with zero attached hydrogens (tertiary/aromatic N) is 2. The molecule has 1 saturated heterocycles. The fourth-order valence-electron chi connectivity index (χ4n) is 3.33. The second kappa shape index (κ2) is 10.8. The molecule has 0 saturated carbocycles. The van der Waals surface area contributed by atoms with Crippen LogP contribution < -0.4 is 5.32 Å². The molecule has 0 aliphatic carbocycles. The predicted octanol–water partition coefficient (Wildman–Crippen LogP) is 2.79. The van der Waals surface area contributed by atoms with Crippen LogP contribution in [0.15, 0.2) is 30.3 Å². The van der Waals surface area contributed by atoms with Gasteiger partial charge in [-0.05, 0) is 24.3 Å². The number of rotatable bonds is 9. The smallest absolute Gasteiger partial charge is 0.317 e. The maximum Gasteiger partial charge on any atom is 0.317 e. The molecule has 1 aromatic carbocycles. The lowest BCUT2D eigenvalue weighted by atomic mass is 9.97. The molecule has 1 heterocycles. The summed E-state index contributed by atoms with van der Waals surface area (Å²) in [6.45, 7) is 6.88. The molecule has 0 bridgehead atoms. The molecule has 1 aliphatic heterocycles. The maximum absolute atomic E-state index is 12.3. The minimum Gasteiger partial charge on any atom is -0.481 e. The first-order valence-corrected chi connectivity index (χ1v) is 9.59. The molecule has 26 heavy (non-hydrogen) atoms. The lowest BCUT2D eigenvalue weighted by molar-refractivity contribution is -0.137. The monoisotopic (exact) mass is 361 g/mol. The quantitative estimate of drug-likeness (QED) is 0.709. The van der Waals surface area contributed by atoms with E-state index in [9.17, 15) is 9.59 Å². The van der Waals surface area contributed by atoms with E-state index in [2.05, 4.69) is 41.4 Å². The van der Waals surface area contributed by atoms with Crippen molar-refractivity contribution >= 4 is 12.0 Å². The van der Waals surface area contributed by atoms with Gasteiger partial charge in [0.05, 0.1) is 0 Å². The fourth-order valence-corrected chi connectivity index (χ4v) is 3.33. The van der Waals surface area contributed by atoms with Crippen LogP contribution in [-0.2, 0) is 11.3 Å². The number of urea groups is 1. The summed E-state index contributed by atoms with van der Waals surface area (Å²) >= 11 is 0. The molecular weight excluding hydrogens is 330 g/mol. The molecule has 6 nitrogen and oxygen atoms in total. The van der Waals surface area contributed by atoms with E-state index in [-0.39, 0.29) is 12.5 Å². The fraction of sp³-hybridized carbons (Fsp3) is 0.600. The second-order valence-corrected chi connectivity index (χ2v) is 6.98. The van der Waals surface area contributed by atoms with Gasteiger partial charge in [-0.25, -0.2) is 4.79 Å². The van der Waals surface area contributed by atoms with Gasteiger partial charge in [0.15, 0.2) is 0 Å². The Morgan fingerprint density at radius 1 is 1.12 bits per heavy atom. The van der Waals surface area contributed by atoms with E-state index in [0.717, 1.165) is 45.6 Å². The van der Waals surface area contributed by atoms with Crippen LogP contribution in [0.5, 0.6) is 0 Å². The summed E-state index contributed by atoms with van der Waals surface area (Å²) in [5, 5.41) is 11.8. The molecule has 0 aromatic heterocycles. The molecule has 2 rings (SSSR count). The zero-order chi connectivity index (χ0) is 18.8. The van der Waals surface area contributed by atoms with Crippen LogP contribution in [0.25, 0.3) is 0 Å². The van der Waals surface area contributed by atoms with Crippen LogP contribution in [0.4, 0.5) is 4.79 Å². The van der Waals surface area contributed by atoms with Crippen molar-refractivity contribution in [3.63, 3.8) is 0 Å². The van der Waals surface area contributed by atoms with Crippen LogP contribution in [-0.4, -0.2) is 59.6 Å². The van der Waals surface area contributed by atoms with Gasteiger partial charge in [0, 0.05) is 45.7 Å². The Kier molecular flexibility index (Phi) is 8.41. The van der Waals surface area contributed by atoms with E-state index >= 15 is 0 Å². The summed E-state index contributed by atoms with van der Waals surface area (Å²) in [6.07, 6.45) is 2.67. The van der Waals surface area contributed by atoms with Gasteiger partial charge in [-0.2, -0.15) is 0 Å². The lowest BCUT2D eigenvalue weighted by Crippen LogP contribution is -2.51. The molecule has 0 radical (unpaired) electrons. The van der Waals surface area contributed by atoms with E-state index in [1.54, 1.807) is 0 Å². The van der Waals surface area contributed by atoms with Crippen LogP contribution in [0.1, 0.15) is 38.2 Å². The number of carbonyl (C=O) groups is 2. The highest BCUT2D eigenvalue weighted by Crippen LogP contribution is 2.15. The highest BCUT2D eigenvalue weighted by Gasteiger charge is 2.21. The zero-order valence-corrected chi connectivity index (χ0v) is 15.7. The standard InChI is InChI=1S/C20H31N3O3/c1-2-17(8-9-19(24)25)10-11-21-20(26)23-14-12-22(13-15-23)16-18-6-4-3-5-7-18/h3-7,17H,2,8-16H2,1H3,(H,21,26)(H,24,25). The number of carboxylic acid groups (broad SMARTS) is 1. The van der Waals surface area contributed by atoms with E-state index in [1.165, 1.54) is 5.56 Å². The van der Waals surface area contributed by atoms with Crippen LogP contribution in [0, 0.1) is 5.92 Å². The van der Waals surface area contributed by atoms with Gasteiger partial charge < -0.3 is 15.3 Å². The topological polar surface area (TPSA) is 72.9 Å². The number of piperazine rings is 1. The summed E-state index contributed by atoms with van der Waals surface area (Å²) < 4.78 is 0. The van der Waals surface area contributed by atoms with E-state index in [0.29, 0.717) is 18.9 Å². The first-order chi connectivity index (χ1) is 12.6. The highest BCUT2D eigenvalue weighted by atomic mass is 16.4. The van der Waals surface area contributed by atoms with Gasteiger partial charge in [-0.1, -0.05) is 43.7 Å². The third-order valence-corrected chi connectivity index (χ3v) is 5.08. The summed E-state index contributed by atoms with van der Waals surface area (Å²) in [6, 6.07) is 10.4. The van der Waals surface area contributed by atoms with Crippen molar-refractivity contribution in [2.24, 2.45) is 5.92 Å². The van der Waals surface area contributed by atoms with E-state index in [1.807, 2.05) is 11.0 Å². The first-order valence-electron chi connectivity index (χ1n) is 9.59. The van der Waals surface area contributed by atoms with Crippen molar-refractivity contribution < 1.29 is 14.7 Å². The van der Waals surface area contributed by atoms with E-state index in [4.69, 9.17) is 5.11 Å². The number of benzene rings is 1. The molecule has 1 fully saturated rings. The van der Waals surface area contributed by atoms with Crippen LogP contribution in [0.3, 0.4) is 0 Å². The second-order valence-electron chi connectivity index (χ2n) is 6.98. The largest absolute Gasteiger partial charge is 0.481 e. The zero-order valence-electron chi connectivity index (χ0n) is 15.7. The number of carboxylic acids is 1. The molecule has 6 heteroatoms. The molecule has 1 aromatic rings. The molecule has 0 spiro atoms. The average molecular weight is 361 g/mol. The molecule has 1 aliphatic rings. The Balaban J connectivity index is 1.64. The lowest BCUT2D eigenvalue weighted by Gasteiger charge is -2.34. The highest BCUT2D eigenvalue weighted by molar-refractivity contribution is 5.74. The summed E-state index contributed by atoms with van der Waals surface area (Å²) in [5.41, 5.74) is 1.30. The van der Waals surface area contributed by atoms with Gasteiger partial charge in [0.2, 0.25) is 0 Å². The van der Waals surface area contributed by atoms with Crippen molar-refractivity contribution in [2.75, 3.05) is 32.7 Å². The summed E-state index contributed by atoms with van der Waals surface area (Å²) in [5.74, 6) is -0.394. The Morgan fingerprint density at radius 3 is 2.42 bits per heavy atom. The molecular formula is C20H31N3O3. The van der Waals surface area contributed by atoms with Gasteiger partial charge in [0.1, 0.15) is 0 Å². The van der Waals surface area contributed by atoms with E-state index < -0.39 is 5.97 Å². The van der Waals surface area contributed by atoms with Crippen molar-refractivity contribution in [3.05, 3.63) is 35.9 Å². The number of carbonyl (C=O) groups excluding carboxylic acids is 1. The molecule has 1 atom stereocenters. The van der Waals surface area contributed by atoms with Crippen molar-refractivity contribution in [3.8, 4) is 0 Å². The number of nitrogens with one attached hydrogen (secondary N) is 1. The molecule has 144 valence electrons. The van der Waals surface area contributed by atoms with Crippen molar-refractivity contribution in [1.82, 2.24) is 15.1 Å². The average Bonchev–Trinajstić information content (AvgIpc) is 2.65. The van der Waals surface area contributed by atoms with Crippen molar-refractivity contribution in [1.29, 1.82) is 0 Å². The van der Waals surface area contributed by atoms with Gasteiger partial charge in [-0.15, -0.1) is 0 Å². The summed E-state index contributed by atoms with van der Waals surface area (Å²) in [4.78, 5) is 27.2. The normalized spacial score (nSPS) is 16.3. The minimum atomic E-state index is -0.749. The Bertz CT molecular complexity index is 557. The van der Waals surface area contributed by atoms with Gasteiger partial charge >= 0.3 is 12.0 Å². The van der Waals surface area contributed by atoms with Gasteiger partial charge in [-0.3, -0.25) is 9.69 Å². The molecule has 1 unspecified atom stereocenters. The molecule has 2 amide bonds. The first kappa shape index (κ1) is 20.2. The summed E-state index contributed by atoms with van der Waals surface area (Å²) in [7, 11) is 0. The molecule has 2 N–H and O–H groups in total. The minimum absolute atomic E-state index is 0.00236. The van der Waals surface area contributed by atoms with Crippen LogP contribution in [0.2, 0.25) is 0 Å². The third-order valence-electron chi connectivity index (χ3n) is 5.08. The SMILES string of the molecule is CCC(CCNC(=O)N1CCN(Cc2ccccc2)CC1)CCC(=O)O. The Labute approximate surface area is 156 Å². The Morgan fingerprint density at radius 2 is 1.81 bits per heavy atom. The van der Waals surface area contributed by atoms with Gasteiger partial charge in [0.25, 0.3) is 0 Å². The Hall–Kier alpha value is -2.08. The number of hydrogen-bond donors (Lipinski definition) is 2. The maximum atomic E-state index is 12.3. The predicted molar refractivity (Wildman–Crippen MR) is 102 cm³/mol. The number of aliphatic carboxylic acids is 1. The number of amides is 2.